The lowest BCUT2D eigenvalue weighted by molar-refractivity contribution is -0.120. The second kappa shape index (κ2) is 7.42. The Hall–Kier alpha value is -2.14. The monoisotopic (exact) mass is 375 g/mol. The third-order valence-electron chi connectivity index (χ3n) is 3.50. The Morgan fingerprint density at radius 1 is 1.17 bits per heavy atom. The number of nitrogens with zero attached hydrogens (tertiary/aromatic N) is 1. The molecule has 0 saturated carbocycles. The van der Waals surface area contributed by atoms with Gasteiger partial charge in [0, 0.05) is 22.8 Å². The summed E-state index contributed by atoms with van der Waals surface area (Å²) in [4.78, 5) is 25.2. The van der Waals surface area contributed by atoms with Crippen molar-refractivity contribution >= 4 is 33.3 Å². The number of carbonyl (C=O) groups excluding carboxylic acids is 2. The van der Waals surface area contributed by atoms with Crippen LogP contribution in [0.5, 0.6) is 5.75 Å². The lowest BCUT2D eigenvalue weighted by atomic mass is 10.1. The van der Waals surface area contributed by atoms with Gasteiger partial charge in [0.15, 0.2) is 12.4 Å². The highest BCUT2D eigenvalue weighted by atomic mass is 79.9. The molecule has 0 unspecified atom stereocenters. The quantitative estimate of drug-likeness (QED) is 0.741. The first kappa shape index (κ1) is 17.2. The molecule has 0 aliphatic carbocycles. The molecule has 120 valence electrons. The van der Waals surface area contributed by atoms with Gasteiger partial charge in [0.2, 0.25) is 0 Å². The summed E-state index contributed by atoms with van der Waals surface area (Å²) < 4.78 is 6.48. The normalized spacial score (nSPS) is 10.3. The fourth-order valence-electron chi connectivity index (χ4n) is 2.18. The molecule has 0 aliphatic heterocycles. The number of carbonyl (C=O) groups is 2. The minimum absolute atomic E-state index is 0.0376. The lowest BCUT2D eigenvalue weighted by Crippen LogP contribution is -2.31. The second-order valence-electron chi connectivity index (χ2n) is 5.26. The number of rotatable bonds is 5. The number of hydrogen-bond acceptors (Lipinski definition) is 3. The Bertz CT molecular complexity index is 743. The van der Waals surface area contributed by atoms with Gasteiger partial charge < -0.3 is 9.64 Å². The van der Waals surface area contributed by atoms with E-state index in [9.17, 15) is 9.59 Å². The van der Waals surface area contributed by atoms with E-state index in [1.165, 1.54) is 6.92 Å². The van der Waals surface area contributed by atoms with Crippen molar-refractivity contribution < 1.29 is 14.3 Å². The first-order chi connectivity index (χ1) is 10.9. The number of amides is 1. The Balaban J connectivity index is 2.04. The summed E-state index contributed by atoms with van der Waals surface area (Å²) >= 11 is 3.41. The number of ketones is 1. The van der Waals surface area contributed by atoms with Crippen LogP contribution in [0.4, 0.5) is 5.69 Å². The molecule has 2 rings (SSSR count). The van der Waals surface area contributed by atoms with Gasteiger partial charge in [-0.2, -0.15) is 0 Å². The maximum Gasteiger partial charge on any atom is 0.264 e. The van der Waals surface area contributed by atoms with Gasteiger partial charge in [-0.1, -0.05) is 28.1 Å². The molecule has 4 nitrogen and oxygen atoms in total. The van der Waals surface area contributed by atoms with Crippen LogP contribution < -0.4 is 9.64 Å². The van der Waals surface area contributed by atoms with Gasteiger partial charge in [-0.25, -0.2) is 0 Å². The van der Waals surface area contributed by atoms with E-state index < -0.39 is 0 Å². The molecular weight excluding hydrogens is 358 g/mol. The average molecular weight is 376 g/mol. The van der Waals surface area contributed by atoms with E-state index in [0.29, 0.717) is 11.3 Å². The minimum Gasteiger partial charge on any atom is -0.484 e. The van der Waals surface area contributed by atoms with Crippen LogP contribution in [0, 0.1) is 6.92 Å². The summed E-state index contributed by atoms with van der Waals surface area (Å²) in [6.07, 6.45) is 0. The van der Waals surface area contributed by atoms with E-state index in [0.717, 1.165) is 15.7 Å². The summed E-state index contributed by atoms with van der Waals surface area (Å²) in [6, 6.07) is 12.5. The third kappa shape index (κ3) is 4.42. The van der Waals surface area contributed by atoms with Gasteiger partial charge in [-0.15, -0.1) is 0 Å². The van der Waals surface area contributed by atoms with Crippen LogP contribution in [0.2, 0.25) is 0 Å². The van der Waals surface area contributed by atoms with Crippen LogP contribution >= 0.6 is 15.9 Å². The number of anilines is 1. The molecule has 0 fully saturated rings. The van der Waals surface area contributed by atoms with E-state index in [1.54, 1.807) is 36.2 Å². The van der Waals surface area contributed by atoms with E-state index in [4.69, 9.17) is 4.74 Å². The number of hydrogen-bond donors (Lipinski definition) is 0. The molecule has 0 bridgehead atoms. The van der Waals surface area contributed by atoms with Crippen molar-refractivity contribution in [2.45, 2.75) is 13.8 Å². The van der Waals surface area contributed by atoms with Gasteiger partial charge in [0.05, 0.1) is 0 Å². The van der Waals surface area contributed by atoms with E-state index >= 15 is 0 Å². The predicted octanol–water partition coefficient (Wildman–Crippen LogP) is 4.00. The molecule has 0 heterocycles. The summed E-state index contributed by atoms with van der Waals surface area (Å²) in [7, 11) is 1.72. The molecular formula is C18H18BrNO3. The number of benzene rings is 2. The Kier molecular flexibility index (Phi) is 5.55. The Morgan fingerprint density at radius 2 is 1.91 bits per heavy atom. The number of halogens is 1. The first-order valence-electron chi connectivity index (χ1n) is 7.15. The van der Waals surface area contributed by atoms with E-state index in [1.807, 2.05) is 25.1 Å². The van der Waals surface area contributed by atoms with Gasteiger partial charge in [-0.05, 0) is 49.7 Å². The van der Waals surface area contributed by atoms with Crippen molar-refractivity contribution in [1.82, 2.24) is 0 Å². The highest BCUT2D eigenvalue weighted by molar-refractivity contribution is 9.10. The molecule has 1 amide bonds. The van der Waals surface area contributed by atoms with Gasteiger partial charge in [0.25, 0.3) is 5.91 Å². The van der Waals surface area contributed by atoms with Crippen molar-refractivity contribution in [1.29, 1.82) is 0 Å². The summed E-state index contributed by atoms with van der Waals surface area (Å²) in [5.74, 6) is 0.306. The standard InChI is InChI=1S/C18H18BrNO3/c1-12-9-15(19)7-8-17(12)20(3)18(22)11-23-16-6-4-5-14(10-16)13(2)21/h4-10H,11H2,1-3H3. The van der Waals surface area contributed by atoms with Crippen LogP contribution in [0.25, 0.3) is 0 Å². The Labute approximate surface area is 144 Å². The smallest absolute Gasteiger partial charge is 0.264 e. The van der Waals surface area contributed by atoms with Crippen molar-refractivity contribution in [2.75, 3.05) is 18.6 Å². The van der Waals surface area contributed by atoms with Crippen molar-refractivity contribution in [2.24, 2.45) is 0 Å². The zero-order valence-electron chi connectivity index (χ0n) is 13.3. The zero-order chi connectivity index (χ0) is 17.0. The van der Waals surface area contributed by atoms with Crippen LogP contribution in [0.1, 0.15) is 22.8 Å². The highest BCUT2D eigenvalue weighted by Gasteiger charge is 2.14. The summed E-state index contributed by atoms with van der Waals surface area (Å²) in [5, 5.41) is 0. The molecule has 5 heteroatoms. The first-order valence-corrected chi connectivity index (χ1v) is 7.94. The largest absolute Gasteiger partial charge is 0.484 e. The topological polar surface area (TPSA) is 46.6 Å². The summed E-state index contributed by atoms with van der Waals surface area (Å²) in [5.41, 5.74) is 2.39. The third-order valence-corrected chi connectivity index (χ3v) is 3.99. The SMILES string of the molecule is CC(=O)c1cccc(OCC(=O)N(C)c2ccc(Br)cc2C)c1. The van der Waals surface area contributed by atoms with Crippen LogP contribution in [0.15, 0.2) is 46.9 Å². The molecule has 0 saturated heterocycles. The molecule has 2 aromatic carbocycles. The molecule has 0 N–H and O–H groups in total. The van der Waals surface area contributed by atoms with Crippen LogP contribution in [0.3, 0.4) is 0 Å². The van der Waals surface area contributed by atoms with Crippen LogP contribution in [-0.4, -0.2) is 25.3 Å². The fourth-order valence-corrected chi connectivity index (χ4v) is 2.65. The molecule has 0 atom stereocenters. The number of ether oxygens (including phenoxy) is 1. The lowest BCUT2D eigenvalue weighted by Gasteiger charge is -2.20. The van der Waals surface area contributed by atoms with E-state index in [-0.39, 0.29) is 18.3 Å². The molecule has 23 heavy (non-hydrogen) atoms. The number of aryl methyl sites for hydroxylation is 1. The van der Waals surface area contributed by atoms with Crippen molar-refractivity contribution in [3.63, 3.8) is 0 Å². The van der Waals surface area contributed by atoms with Gasteiger partial charge >= 0.3 is 0 Å². The fraction of sp³-hybridized carbons (Fsp3) is 0.222. The van der Waals surface area contributed by atoms with Crippen molar-refractivity contribution in [3.8, 4) is 5.75 Å². The maximum absolute atomic E-state index is 12.3. The molecule has 0 spiro atoms. The minimum atomic E-state index is -0.163. The Morgan fingerprint density at radius 3 is 2.57 bits per heavy atom. The van der Waals surface area contributed by atoms with Crippen molar-refractivity contribution in [3.05, 3.63) is 58.1 Å². The van der Waals surface area contributed by atoms with Gasteiger partial charge in [0.1, 0.15) is 5.75 Å². The average Bonchev–Trinajstić information content (AvgIpc) is 2.52. The number of likely N-dealkylation sites (N-methyl/N-ethyl adjacent to an activating group) is 1. The summed E-state index contributed by atoms with van der Waals surface area (Å²) in [6.45, 7) is 3.35. The second-order valence-corrected chi connectivity index (χ2v) is 6.17. The maximum atomic E-state index is 12.3. The highest BCUT2D eigenvalue weighted by Crippen LogP contribution is 2.23. The molecule has 0 aliphatic rings. The molecule has 2 aromatic rings. The zero-order valence-corrected chi connectivity index (χ0v) is 14.9. The van der Waals surface area contributed by atoms with Gasteiger partial charge in [-0.3, -0.25) is 9.59 Å². The van der Waals surface area contributed by atoms with E-state index in [2.05, 4.69) is 15.9 Å². The molecule has 0 radical (unpaired) electrons. The predicted molar refractivity (Wildman–Crippen MR) is 94.2 cm³/mol. The van der Waals surface area contributed by atoms with Crippen LogP contribution in [-0.2, 0) is 4.79 Å². The number of Topliss-reactive ketones (excluding diaryl/α,β-unsaturated/α-hetero) is 1. The molecule has 0 aromatic heterocycles.